The van der Waals surface area contributed by atoms with Crippen LogP contribution in [0.3, 0.4) is 0 Å². The van der Waals surface area contributed by atoms with Crippen LogP contribution in [0.4, 0.5) is 11.4 Å². The van der Waals surface area contributed by atoms with Gasteiger partial charge in [-0.15, -0.1) is 0 Å². The standard InChI is InChI=1S/C26H35N5O3S/c1-19(2)14-16-28-35(32,33)24-10-7-22(8-11-24)29-20(3)30-26(13-15-27)31-17-5-6-21-18-23(34-4)9-12-25(21)31/h7-13,15,18-19,28-29H,3,5-6,14,16-17,27H2,1-2,4H3/b15-13-,30-26?. The number of hydrogen-bond acceptors (Lipinski definition) is 6. The van der Waals surface area contributed by atoms with E-state index in [1.54, 1.807) is 37.5 Å². The maximum atomic E-state index is 12.5. The topological polar surface area (TPSA) is 109 Å². The summed E-state index contributed by atoms with van der Waals surface area (Å²) in [7, 11) is -1.88. The Bertz CT molecular complexity index is 1190. The lowest BCUT2D eigenvalue weighted by atomic mass is 10.0. The number of nitrogens with two attached hydrogens (primary N) is 1. The van der Waals surface area contributed by atoms with Crippen LogP contribution in [0.2, 0.25) is 0 Å². The molecule has 1 heterocycles. The highest BCUT2D eigenvalue weighted by Crippen LogP contribution is 2.31. The molecule has 1 aliphatic heterocycles. The smallest absolute Gasteiger partial charge is 0.240 e. The third-order valence-corrected chi connectivity index (χ3v) is 7.12. The molecular formula is C26H35N5O3S. The minimum Gasteiger partial charge on any atom is -0.497 e. The summed E-state index contributed by atoms with van der Waals surface area (Å²) in [6.45, 7) is 9.35. The van der Waals surface area contributed by atoms with Crippen LogP contribution < -0.4 is 25.4 Å². The van der Waals surface area contributed by atoms with Gasteiger partial charge in [-0.1, -0.05) is 20.4 Å². The normalized spacial score (nSPS) is 14.3. The highest BCUT2D eigenvalue weighted by Gasteiger charge is 2.21. The molecule has 0 unspecified atom stereocenters. The van der Waals surface area contributed by atoms with E-state index < -0.39 is 10.0 Å². The van der Waals surface area contributed by atoms with Crippen molar-refractivity contribution >= 4 is 27.2 Å². The van der Waals surface area contributed by atoms with Crippen molar-refractivity contribution in [3.05, 3.63) is 72.7 Å². The Labute approximate surface area is 208 Å². The van der Waals surface area contributed by atoms with E-state index in [0.29, 0.717) is 29.8 Å². The third kappa shape index (κ3) is 7.10. The predicted octanol–water partition coefficient (Wildman–Crippen LogP) is 4.23. The van der Waals surface area contributed by atoms with Gasteiger partial charge in [0.05, 0.1) is 12.0 Å². The molecule has 2 aromatic rings. The number of hydrogen-bond donors (Lipinski definition) is 3. The van der Waals surface area contributed by atoms with Gasteiger partial charge in [0, 0.05) is 24.5 Å². The van der Waals surface area contributed by atoms with E-state index >= 15 is 0 Å². The molecule has 0 atom stereocenters. The largest absolute Gasteiger partial charge is 0.497 e. The van der Waals surface area contributed by atoms with Crippen molar-refractivity contribution in [3.63, 3.8) is 0 Å². The molecule has 0 saturated carbocycles. The maximum absolute atomic E-state index is 12.5. The number of nitrogens with one attached hydrogen (secondary N) is 2. The van der Waals surface area contributed by atoms with Crippen LogP contribution in [0.5, 0.6) is 5.75 Å². The number of methoxy groups -OCH3 is 1. The molecule has 0 spiro atoms. The van der Waals surface area contributed by atoms with Crippen LogP contribution in [0.15, 0.2) is 77.0 Å². The van der Waals surface area contributed by atoms with Gasteiger partial charge in [-0.3, -0.25) is 0 Å². The van der Waals surface area contributed by atoms with Gasteiger partial charge in [-0.05, 0) is 85.5 Å². The number of benzene rings is 2. The molecule has 0 aromatic heterocycles. The first kappa shape index (κ1) is 26.3. The maximum Gasteiger partial charge on any atom is 0.240 e. The van der Waals surface area contributed by atoms with E-state index in [4.69, 9.17) is 10.5 Å². The second-order valence-corrected chi connectivity index (χ2v) is 10.5. The van der Waals surface area contributed by atoms with Crippen LogP contribution in [0.25, 0.3) is 0 Å². The SMILES string of the molecule is C=C(N=C(/C=C\N)N1CCCc2cc(OC)ccc21)Nc1ccc(S(=O)(=O)NCCC(C)C)cc1. The van der Waals surface area contributed by atoms with Crippen LogP contribution >= 0.6 is 0 Å². The van der Waals surface area contributed by atoms with Gasteiger partial charge in [-0.25, -0.2) is 18.1 Å². The number of nitrogens with zero attached hydrogens (tertiary/aromatic N) is 2. The zero-order chi connectivity index (χ0) is 25.4. The van der Waals surface area contributed by atoms with Gasteiger partial charge >= 0.3 is 0 Å². The molecule has 9 heteroatoms. The zero-order valence-corrected chi connectivity index (χ0v) is 21.4. The molecule has 0 radical (unpaired) electrons. The fourth-order valence-corrected chi connectivity index (χ4v) is 4.88. The monoisotopic (exact) mass is 497 g/mol. The Morgan fingerprint density at radius 3 is 2.66 bits per heavy atom. The number of aliphatic imine (C=N–C) groups is 1. The predicted molar refractivity (Wildman–Crippen MR) is 143 cm³/mol. The van der Waals surface area contributed by atoms with Crippen molar-refractivity contribution in [1.29, 1.82) is 0 Å². The van der Waals surface area contributed by atoms with Crippen molar-refractivity contribution in [2.75, 3.05) is 30.4 Å². The van der Waals surface area contributed by atoms with Crippen LogP contribution in [-0.2, 0) is 16.4 Å². The summed E-state index contributed by atoms with van der Waals surface area (Å²) >= 11 is 0. The summed E-state index contributed by atoms with van der Waals surface area (Å²) in [5, 5.41) is 3.13. The molecule has 0 saturated heterocycles. The molecule has 3 rings (SSSR count). The van der Waals surface area contributed by atoms with Crippen LogP contribution in [0.1, 0.15) is 32.3 Å². The number of sulfonamides is 1. The molecule has 1 aliphatic rings. The summed E-state index contributed by atoms with van der Waals surface area (Å²) in [6, 6.07) is 12.5. The lowest BCUT2D eigenvalue weighted by molar-refractivity contribution is 0.414. The van der Waals surface area contributed by atoms with Gasteiger partial charge in [0.25, 0.3) is 0 Å². The average Bonchev–Trinajstić information content (AvgIpc) is 2.83. The molecule has 0 aliphatic carbocycles. The Morgan fingerprint density at radius 1 is 1.26 bits per heavy atom. The molecular weight excluding hydrogens is 462 g/mol. The molecule has 8 nitrogen and oxygen atoms in total. The van der Waals surface area contributed by atoms with E-state index in [2.05, 4.69) is 40.4 Å². The second kappa shape index (κ2) is 11.9. The first-order valence-electron chi connectivity index (χ1n) is 11.7. The van der Waals surface area contributed by atoms with E-state index in [9.17, 15) is 8.42 Å². The van der Waals surface area contributed by atoms with Gasteiger partial charge in [-0.2, -0.15) is 0 Å². The van der Waals surface area contributed by atoms with Crippen LogP contribution in [0, 0.1) is 5.92 Å². The first-order valence-corrected chi connectivity index (χ1v) is 13.2. The fourth-order valence-electron chi connectivity index (χ4n) is 3.83. The van der Waals surface area contributed by atoms with Gasteiger partial charge in [0.2, 0.25) is 10.0 Å². The van der Waals surface area contributed by atoms with Crippen LogP contribution in [-0.4, -0.2) is 34.5 Å². The number of rotatable bonds is 10. The number of ether oxygens (including phenoxy) is 1. The van der Waals surface area contributed by atoms with E-state index in [1.165, 1.54) is 11.8 Å². The summed E-state index contributed by atoms with van der Waals surface area (Å²) in [5.41, 5.74) is 8.64. The van der Waals surface area contributed by atoms with E-state index in [-0.39, 0.29) is 4.90 Å². The molecule has 35 heavy (non-hydrogen) atoms. The molecule has 2 aromatic carbocycles. The quantitative estimate of drug-likeness (QED) is 0.335. The molecule has 4 N–H and O–H groups in total. The number of fused-ring (bicyclic) bond motifs is 1. The molecule has 0 amide bonds. The minimum atomic E-state index is -3.54. The Hall–Kier alpha value is -3.30. The Kier molecular flexibility index (Phi) is 8.95. The number of anilines is 2. The van der Waals surface area contributed by atoms with Gasteiger partial charge in [0.1, 0.15) is 17.4 Å². The summed E-state index contributed by atoms with van der Waals surface area (Å²) < 4.78 is 33.0. The highest BCUT2D eigenvalue weighted by atomic mass is 32.2. The summed E-state index contributed by atoms with van der Waals surface area (Å²) in [4.78, 5) is 6.98. The number of aryl methyl sites for hydroxylation is 1. The fraction of sp³-hybridized carbons (Fsp3) is 0.346. The Morgan fingerprint density at radius 2 is 2.00 bits per heavy atom. The van der Waals surface area contributed by atoms with Crippen molar-refractivity contribution in [2.24, 2.45) is 16.6 Å². The van der Waals surface area contributed by atoms with Gasteiger partial charge < -0.3 is 20.7 Å². The number of amidine groups is 1. The van der Waals surface area contributed by atoms with Crippen molar-refractivity contribution in [3.8, 4) is 5.75 Å². The highest BCUT2D eigenvalue weighted by molar-refractivity contribution is 7.89. The van der Waals surface area contributed by atoms with Crippen molar-refractivity contribution in [1.82, 2.24) is 4.72 Å². The first-order chi connectivity index (χ1) is 16.7. The molecule has 188 valence electrons. The van der Waals surface area contributed by atoms with E-state index in [1.807, 2.05) is 18.2 Å². The van der Waals surface area contributed by atoms with E-state index in [0.717, 1.165) is 37.2 Å². The minimum absolute atomic E-state index is 0.216. The molecule has 0 fully saturated rings. The Balaban J connectivity index is 1.73. The lowest BCUT2D eigenvalue weighted by Gasteiger charge is -2.31. The third-order valence-electron chi connectivity index (χ3n) is 5.64. The zero-order valence-electron chi connectivity index (χ0n) is 20.6. The van der Waals surface area contributed by atoms with Crippen molar-refractivity contribution < 1.29 is 13.2 Å². The second-order valence-electron chi connectivity index (χ2n) is 8.76. The van der Waals surface area contributed by atoms with Gasteiger partial charge in [0.15, 0.2) is 0 Å². The molecule has 0 bridgehead atoms. The lowest BCUT2D eigenvalue weighted by Crippen LogP contribution is -2.35. The van der Waals surface area contributed by atoms with Crippen molar-refractivity contribution in [2.45, 2.75) is 38.0 Å². The summed E-state index contributed by atoms with van der Waals surface area (Å²) in [6.07, 6.45) is 5.91. The average molecular weight is 498 g/mol. The summed E-state index contributed by atoms with van der Waals surface area (Å²) in [5.74, 6) is 2.32.